The second-order valence-electron chi connectivity index (χ2n) is 9.00. The van der Waals surface area contributed by atoms with Gasteiger partial charge in [0.05, 0.1) is 11.1 Å². The summed E-state index contributed by atoms with van der Waals surface area (Å²) in [7, 11) is -2.20. The lowest BCUT2D eigenvalue weighted by Crippen LogP contribution is -2.37. The van der Waals surface area contributed by atoms with Gasteiger partial charge < -0.3 is 15.6 Å². The lowest BCUT2D eigenvalue weighted by atomic mass is 9.98. The van der Waals surface area contributed by atoms with Crippen LogP contribution in [0.2, 0.25) is 0 Å². The minimum absolute atomic E-state index is 0.120. The molecule has 1 atom stereocenters. The Bertz CT molecular complexity index is 1760. The van der Waals surface area contributed by atoms with Gasteiger partial charge in [0.25, 0.3) is 0 Å². The zero-order valence-corrected chi connectivity index (χ0v) is 23.2. The van der Waals surface area contributed by atoms with Gasteiger partial charge in [-0.15, -0.1) is 0 Å². The minimum atomic E-state index is -5.21. The standard InChI is InChI=1S/C27H27F4N7O2S/c1-5-21(39)33-14-16-7-9-17(10-8-16)24-22(23-25(32)34-15-35-26(23)38(24)4)18-11-12-20(19(28)13-18)36-41(40,27(29,30)31)37(3)6-2/h5,7-13,15H,1,6,14H2,2-4H3,(H,33,39)(H2,32,34,35). The van der Waals surface area contributed by atoms with Gasteiger partial charge in [-0.3, -0.25) is 4.79 Å². The van der Waals surface area contributed by atoms with Gasteiger partial charge in [-0.2, -0.15) is 17.5 Å². The lowest BCUT2D eigenvalue weighted by molar-refractivity contribution is -0.116. The Morgan fingerprint density at radius 2 is 1.85 bits per heavy atom. The third kappa shape index (κ3) is 5.52. The molecule has 0 aliphatic carbocycles. The van der Waals surface area contributed by atoms with Crippen LogP contribution in [0, 0.1) is 5.82 Å². The van der Waals surface area contributed by atoms with E-state index in [1.807, 2.05) is 0 Å². The molecular weight excluding hydrogens is 562 g/mol. The number of amides is 1. The normalized spacial score (nSPS) is 13.3. The second kappa shape index (κ2) is 11.3. The van der Waals surface area contributed by atoms with Crippen LogP contribution in [-0.4, -0.2) is 48.1 Å². The zero-order valence-electron chi connectivity index (χ0n) is 22.4. The molecule has 0 aliphatic rings. The molecule has 0 fully saturated rings. The molecule has 1 unspecified atom stereocenters. The molecule has 0 bridgehead atoms. The number of nitrogens with zero attached hydrogens (tertiary/aromatic N) is 5. The number of carbonyl (C=O) groups excluding carboxylic acids is 1. The number of rotatable bonds is 8. The fourth-order valence-electron chi connectivity index (χ4n) is 4.28. The predicted molar refractivity (Wildman–Crippen MR) is 150 cm³/mol. The molecule has 0 saturated heterocycles. The van der Waals surface area contributed by atoms with Crippen LogP contribution in [-0.2, 0) is 28.3 Å². The Labute approximate surface area is 234 Å². The Morgan fingerprint density at radius 1 is 1.20 bits per heavy atom. The molecule has 4 rings (SSSR count). The second-order valence-corrected chi connectivity index (χ2v) is 11.3. The van der Waals surface area contributed by atoms with Crippen molar-refractivity contribution in [2.24, 2.45) is 11.4 Å². The number of fused-ring (bicyclic) bond motifs is 1. The Balaban J connectivity index is 1.89. The highest BCUT2D eigenvalue weighted by Crippen LogP contribution is 2.43. The van der Waals surface area contributed by atoms with Gasteiger partial charge in [0.1, 0.15) is 29.3 Å². The van der Waals surface area contributed by atoms with E-state index < -0.39 is 26.9 Å². The van der Waals surface area contributed by atoms with Gasteiger partial charge in [0.2, 0.25) is 15.8 Å². The quantitative estimate of drug-likeness (QED) is 0.213. The summed E-state index contributed by atoms with van der Waals surface area (Å²) in [5.74, 6) is -1.30. The number of benzene rings is 2. The molecule has 2 aromatic heterocycles. The van der Waals surface area contributed by atoms with Crippen molar-refractivity contribution < 1.29 is 26.6 Å². The van der Waals surface area contributed by atoms with E-state index in [-0.39, 0.29) is 30.4 Å². The topological polar surface area (TPSA) is 118 Å². The number of aryl methyl sites for hydroxylation is 1. The zero-order chi connectivity index (χ0) is 30.1. The van der Waals surface area contributed by atoms with Crippen LogP contribution in [0.4, 0.5) is 29.1 Å². The maximum absolute atomic E-state index is 15.4. The highest BCUT2D eigenvalue weighted by atomic mass is 32.2. The van der Waals surface area contributed by atoms with Gasteiger partial charge in [0.15, 0.2) is 0 Å². The first-order valence-corrected chi connectivity index (χ1v) is 13.7. The molecule has 0 radical (unpaired) electrons. The molecule has 41 heavy (non-hydrogen) atoms. The predicted octanol–water partition coefficient (Wildman–Crippen LogP) is 5.31. The molecule has 2 aromatic carbocycles. The molecular formula is C27H27F4N7O2S. The van der Waals surface area contributed by atoms with Crippen molar-refractivity contribution in [1.82, 2.24) is 24.2 Å². The fourth-order valence-corrected chi connectivity index (χ4v) is 5.64. The van der Waals surface area contributed by atoms with Crippen molar-refractivity contribution in [3.05, 3.63) is 72.8 Å². The molecule has 216 valence electrons. The van der Waals surface area contributed by atoms with Gasteiger partial charge in [-0.1, -0.05) is 43.8 Å². The van der Waals surface area contributed by atoms with E-state index in [1.54, 1.807) is 35.9 Å². The number of hydrogen-bond donors (Lipinski definition) is 2. The first-order chi connectivity index (χ1) is 19.3. The van der Waals surface area contributed by atoms with Crippen LogP contribution < -0.4 is 11.1 Å². The average molecular weight is 590 g/mol. The smallest absolute Gasteiger partial charge is 0.383 e. The van der Waals surface area contributed by atoms with Crippen LogP contribution in [0.1, 0.15) is 12.5 Å². The number of hydrogen-bond acceptors (Lipinski definition) is 6. The van der Waals surface area contributed by atoms with Gasteiger partial charge >= 0.3 is 5.51 Å². The summed E-state index contributed by atoms with van der Waals surface area (Å²) in [5, 5.41) is 3.11. The maximum Gasteiger partial charge on any atom is 0.493 e. The van der Waals surface area contributed by atoms with E-state index in [1.165, 1.54) is 25.4 Å². The van der Waals surface area contributed by atoms with E-state index in [2.05, 4.69) is 26.2 Å². The molecule has 4 aromatic rings. The van der Waals surface area contributed by atoms with Gasteiger partial charge in [-0.05, 0) is 34.9 Å². The van der Waals surface area contributed by atoms with E-state index in [0.717, 1.165) is 24.7 Å². The third-order valence-electron chi connectivity index (χ3n) is 6.50. The SMILES string of the molecule is C=CC(=O)NCc1ccc(-c2c(-c3ccc(N=S(=O)(N(C)CC)C(F)(F)F)c(F)c3)c3c(N)ncnc3n2C)cc1. The molecule has 3 N–H and O–H groups in total. The van der Waals surface area contributed by atoms with Crippen LogP contribution >= 0.6 is 0 Å². The number of alkyl halides is 3. The highest BCUT2D eigenvalue weighted by Gasteiger charge is 2.46. The van der Waals surface area contributed by atoms with Crippen molar-refractivity contribution in [3.63, 3.8) is 0 Å². The summed E-state index contributed by atoms with van der Waals surface area (Å²) in [6.45, 7) is 4.86. The highest BCUT2D eigenvalue weighted by molar-refractivity contribution is 7.92. The van der Waals surface area contributed by atoms with Crippen LogP contribution in [0.5, 0.6) is 0 Å². The fraction of sp³-hybridized carbons (Fsp3) is 0.222. The number of halogens is 4. The first kappa shape index (κ1) is 29.7. The molecule has 0 spiro atoms. The number of nitrogens with one attached hydrogen (secondary N) is 1. The summed E-state index contributed by atoms with van der Waals surface area (Å²) in [4.78, 5) is 19.9. The van der Waals surface area contributed by atoms with E-state index >= 15 is 4.39 Å². The maximum atomic E-state index is 15.4. The Hall–Kier alpha value is -4.30. The Kier molecular flexibility index (Phi) is 8.17. The van der Waals surface area contributed by atoms with Crippen molar-refractivity contribution >= 4 is 38.4 Å². The molecule has 9 nitrogen and oxygen atoms in total. The number of nitrogens with two attached hydrogens (primary N) is 1. The monoisotopic (exact) mass is 589 g/mol. The van der Waals surface area contributed by atoms with Crippen molar-refractivity contribution in [2.75, 3.05) is 19.3 Å². The lowest BCUT2D eigenvalue weighted by Gasteiger charge is -2.22. The summed E-state index contributed by atoms with van der Waals surface area (Å²) >= 11 is 0. The van der Waals surface area contributed by atoms with Crippen molar-refractivity contribution in [1.29, 1.82) is 0 Å². The van der Waals surface area contributed by atoms with Crippen LogP contribution in [0.3, 0.4) is 0 Å². The minimum Gasteiger partial charge on any atom is -0.383 e. The van der Waals surface area contributed by atoms with Gasteiger partial charge in [-0.25, -0.2) is 22.9 Å². The summed E-state index contributed by atoms with van der Waals surface area (Å²) in [6.07, 6.45) is 2.46. The van der Waals surface area contributed by atoms with Crippen molar-refractivity contribution in [2.45, 2.75) is 19.0 Å². The number of anilines is 1. The summed E-state index contributed by atoms with van der Waals surface area (Å²) < 4.78 is 74.9. The van der Waals surface area contributed by atoms with E-state index in [9.17, 15) is 22.2 Å². The van der Waals surface area contributed by atoms with Crippen molar-refractivity contribution in [3.8, 4) is 22.4 Å². The molecule has 1 amide bonds. The summed E-state index contributed by atoms with van der Waals surface area (Å²) in [6, 6.07) is 10.7. The number of nitrogen functional groups attached to an aromatic ring is 1. The largest absolute Gasteiger partial charge is 0.493 e. The van der Waals surface area contributed by atoms with Gasteiger partial charge in [0, 0.05) is 32.7 Å². The Morgan fingerprint density at radius 3 is 2.44 bits per heavy atom. The number of aromatic nitrogens is 3. The van der Waals surface area contributed by atoms with Crippen LogP contribution in [0.15, 0.2) is 65.8 Å². The molecule has 2 heterocycles. The number of carbonyl (C=O) groups is 1. The summed E-state index contributed by atoms with van der Waals surface area (Å²) in [5.41, 5.74) is 3.56. The molecule has 0 saturated carbocycles. The molecule has 14 heteroatoms. The first-order valence-electron chi connectivity index (χ1n) is 12.3. The van der Waals surface area contributed by atoms with E-state index in [4.69, 9.17) is 5.73 Å². The molecule has 0 aliphatic heterocycles. The third-order valence-corrected chi connectivity index (χ3v) is 8.65. The van der Waals surface area contributed by atoms with Crippen LogP contribution in [0.25, 0.3) is 33.4 Å². The average Bonchev–Trinajstić information content (AvgIpc) is 3.25. The van der Waals surface area contributed by atoms with E-state index in [0.29, 0.717) is 32.2 Å².